The van der Waals surface area contributed by atoms with E-state index in [4.69, 9.17) is 0 Å². The summed E-state index contributed by atoms with van der Waals surface area (Å²) in [6.45, 7) is 5.90. The molecule has 0 aliphatic carbocycles. The third-order valence-corrected chi connectivity index (χ3v) is 3.24. The van der Waals surface area contributed by atoms with E-state index in [0.717, 1.165) is 28.1 Å². The molecular weight excluding hydrogens is 246 g/mol. The highest BCUT2D eigenvalue weighted by Crippen LogP contribution is 2.16. The molecule has 2 aromatic carbocycles. The van der Waals surface area contributed by atoms with Gasteiger partial charge in [0.1, 0.15) is 0 Å². The average Bonchev–Trinajstić information content (AvgIpc) is 2.41. The minimum absolute atomic E-state index is 0.0293. The minimum Gasteiger partial charge on any atom is -0.359 e. The van der Waals surface area contributed by atoms with Crippen LogP contribution in [0.4, 0.5) is 5.69 Å². The maximum atomic E-state index is 12.2. The number of ketones is 1. The number of para-hydroxylation sites is 1. The summed E-state index contributed by atoms with van der Waals surface area (Å²) in [4.78, 5) is 12.2. The van der Waals surface area contributed by atoms with Crippen LogP contribution < -0.4 is 5.32 Å². The Kier molecular flexibility index (Phi) is 4.36. The Balaban J connectivity index is 2.17. The van der Waals surface area contributed by atoms with Gasteiger partial charge < -0.3 is 5.32 Å². The number of benzene rings is 2. The minimum atomic E-state index is 0.0293. The van der Waals surface area contributed by atoms with E-state index < -0.39 is 0 Å². The smallest absolute Gasteiger partial charge is 0.187 e. The molecular formula is C18H19NO. The van der Waals surface area contributed by atoms with Crippen LogP contribution in [0.5, 0.6) is 0 Å². The van der Waals surface area contributed by atoms with E-state index in [-0.39, 0.29) is 5.78 Å². The number of aryl methyl sites for hydroxylation is 2. The zero-order chi connectivity index (χ0) is 14.5. The van der Waals surface area contributed by atoms with E-state index in [1.54, 1.807) is 6.08 Å². The van der Waals surface area contributed by atoms with Gasteiger partial charge in [0.2, 0.25) is 0 Å². The molecule has 0 saturated carbocycles. The molecule has 0 aromatic heterocycles. The predicted octanol–water partition coefficient (Wildman–Crippen LogP) is 4.50. The lowest BCUT2D eigenvalue weighted by atomic mass is 10.0. The summed E-state index contributed by atoms with van der Waals surface area (Å²) in [6, 6.07) is 15.7. The highest BCUT2D eigenvalue weighted by Gasteiger charge is 2.06. The van der Waals surface area contributed by atoms with Gasteiger partial charge in [-0.2, -0.15) is 0 Å². The third-order valence-electron chi connectivity index (χ3n) is 3.24. The zero-order valence-electron chi connectivity index (χ0n) is 12.1. The van der Waals surface area contributed by atoms with Crippen LogP contribution in [-0.4, -0.2) is 5.78 Å². The molecule has 0 radical (unpaired) electrons. The van der Waals surface area contributed by atoms with E-state index in [0.29, 0.717) is 0 Å². The first kappa shape index (κ1) is 14.1. The van der Waals surface area contributed by atoms with Crippen LogP contribution >= 0.6 is 0 Å². The molecule has 2 nitrogen and oxygen atoms in total. The summed E-state index contributed by atoms with van der Waals surface area (Å²) in [6.07, 6.45) is 1.65. The number of rotatable bonds is 4. The van der Waals surface area contributed by atoms with Crippen molar-refractivity contribution in [2.24, 2.45) is 0 Å². The molecule has 102 valence electrons. The van der Waals surface area contributed by atoms with Gasteiger partial charge in [-0.15, -0.1) is 0 Å². The van der Waals surface area contributed by atoms with Crippen molar-refractivity contribution in [2.75, 3.05) is 5.32 Å². The summed E-state index contributed by atoms with van der Waals surface area (Å²) < 4.78 is 0. The maximum Gasteiger partial charge on any atom is 0.187 e. The summed E-state index contributed by atoms with van der Waals surface area (Å²) >= 11 is 0. The fourth-order valence-corrected chi connectivity index (χ4v) is 2.09. The molecule has 0 bridgehead atoms. The summed E-state index contributed by atoms with van der Waals surface area (Å²) in [5.74, 6) is 0.0293. The van der Waals surface area contributed by atoms with Crippen LogP contribution in [0.2, 0.25) is 0 Å². The largest absolute Gasteiger partial charge is 0.359 e. The van der Waals surface area contributed by atoms with Gasteiger partial charge in [0.05, 0.1) is 0 Å². The number of anilines is 1. The first-order valence-electron chi connectivity index (χ1n) is 6.69. The van der Waals surface area contributed by atoms with Crippen molar-refractivity contribution in [1.29, 1.82) is 0 Å². The topological polar surface area (TPSA) is 29.1 Å². The lowest BCUT2D eigenvalue weighted by molar-refractivity contribution is 0.104. The SMILES string of the molecule is C/C(=C/C(=O)c1ccccc1C)Nc1ccccc1C. The highest BCUT2D eigenvalue weighted by molar-refractivity contribution is 6.06. The number of nitrogens with one attached hydrogen (secondary N) is 1. The summed E-state index contributed by atoms with van der Waals surface area (Å²) in [7, 11) is 0. The Morgan fingerprint density at radius 1 is 0.950 bits per heavy atom. The molecule has 2 aromatic rings. The molecule has 0 aliphatic heterocycles. The van der Waals surface area contributed by atoms with Crippen molar-refractivity contribution in [2.45, 2.75) is 20.8 Å². The Bertz CT molecular complexity index is 656. The van der Waals surface area contributed by atoms with Gasteiger partial charge in [0.25, 0.3) is 0 Å². The predicted molar refractivity (Wildman–Crippen MR) is 84.1 cm³/mol. The number of carbonyl (C=O) groups is 1. The molecule has 0 amide bonds. The second-order valence-electron chi connectivity index (χ2n) is 4.95. The van der Waals surface area contributed by atoms with Crippen molar-refractivity contribution in [3.8, 4) is 0 Å². The lowest BCUT2D eigenvalue weighted by Crippen LogP contribution is -2.03. The molecule has 0 spiro atoms. The van der Waals surface area contributed by atoms with E-state index >= 15 is 0 Å². The zero-order valence-corrected chi connectivity index (χ0v) is 12.1. The van der Waals surface area contributed by atoms with Gasteiger partial charge in [-0.05, 0) is 38.0 Å². The molecule has 0 unspecified atom stereocenters. The Morgan fingerprint density at radius 2 is 1.55 bits per heavy atom. The standard InChI is InChI=1S/C18H19NO/c1-13-8-4-6-10-16(13)18(20)12-15(3)19-17-11-7-5-9-14(17)2/h4-12,19H,1-3H3/b15-12-. The second kappa shape index (κ2) is 6.20. The van der Waals surface area contributed by atoms with Crippen molar-refractivity contribution >= 4 is 11.5 Å². The number of carbonyl (C=O) groups excluding carboxylic acids is 1. The van der Waals surface area contributed by atoms with Crippen molar-refractivity contribution in [1.82, 2.24) is 0 Å². The van der Waals surface area contributed by atoms with Crippen LogP contribution in [0.25, 0.3) is 0 Å². The highest BCUT2D eigenvalue weighted by atomic mass is 16.1. The van der Waals surface area contributed by atoms with Crippen LogP contribution in [0.15, 0.2) is 60.3 Å². The molecule has 2 rings (SSSR count). The molecule has 20 heavy (non-hydrogen) atoms. The average molecular weight is 265 g/mol. The van der Waals surface area contributed by atoms with Crippen LogP contribution in [0.1, 0.15) is 28.4 Å². The number of hydrogen-bond acceptors (Lipinski definition) is 2. The van der Waals surface area contributed by atoms with Gasteiger partial charge in [-0.25, -0.2) is 0 Å². The fraction of sp³-hybridized carbons (Fsp3) is 0.167. The Hall–Kier alpha value is -2.35. The van der Waals surface area contributed by atoms with Crippen LogP contribution in [0.3, 0.4) is 0 Å². The van der Waals surface area contributed by atoms with Gasteiger partial charge in [-0.3, -0.25) is 4.79 Å². The summed E-state index contributed by atoms with van der Waals surface area (Å²) in [5, 5.41) is 3.27. The van der Waals surface area contributed by atoms with Crippen LogP contribution in [0, 0.1) is 13.8 Å². The second-order valence-corrected chi connectivity index (χ2v) is 4.95. The third kappa shape index (κ3) is 3.35. The van der Waals surface area contributed by atoms with E-state index in [1.165, 1.54) is 0 Å². The molecule has 0 saturated heterocycles. The van der Waals surface area contributed by atoms with Gasteiger partial charge in [0.15, 0.2) is 5.78 Å². The molecule has 2 heteroatoms. The lowest BCUT2D eigenvalue weighted by Gasteiger charge is -2.09. The molecule has 1 N–H and O–H groups in total. The first-order valence-corrected chi connectivity index (χ1v) is 6.69. The maximum absolute atomic E-state index is 12.2. The van der Waals surface area contributed by atoms with E-state index in [2.05, 4.69) is 5.32 Å². The first-order chi connectivity index (χ1) is 9.58. The van der Waals surface area contributed by atoms with Gasteiger partial charge in [0, 0.05) is 23.0 Å². The Morgan fingerprint density at radius 3 is 2.20 bits per heavy atom. The summed E-state index contributed by atoms with van der Waals surface area (Å²) in [5.41, 5.74) is 4.77. The molecule has 0 aliphatic rings. The number of hydrogen-bond donors (Lipinski definition) is 1. The quantitative estimate of drug-likeness (QED) is 0.651. The van der Waals surface area contributed by atoms with Crippen molar-refractivity contribution < 1.29 is 4.79 Å². The monoisotopic (exact) mass is 265 g/mol. The fourth-order valence-electron chi connectivity index (χ4n) is 2.09. The van der Waals surface area contributed by atoms with E-state index in [1.807, 2.05) is 69.3 Å². The molecule has 0 fully saturated rings. The van der Waals surface area contributed by atoms with Crippen LogP contribution in [-0.2, 0) is 0 Å². The van der Waals surface area contributed by atoms with Gasteiger partial charge in [-0.1, -0.05) is 42.5 Å². The van der Waals surface area contributed by atoms with Crippen molar-refractivity contribution in [3.05, 3.63) is 77.0 Å². The molecule has 0 atom stereocenters. The normalized spacial score (nSPS) is 11.2. The van der Waals surface area contributed by atoms with E-state index in [9.17, 15) is 4.79 Å². The molecule has 0 heterocycles. The number of allylic oxidation sites excluding steroid dienone is 2. The Labute approximate surface area is 120 Å². The van der Waals surface area contributed by atoms with Crippen molar-refractivity contribution in [3.63, 3.8) is 0 Å². The van der Waals surface area contributed by atoms with Gasteiger partial charge >= 0.3 is 0 Å².